The largest absolute Gasteiger partial charge is 0.370 e. The normalized spacial score (nSPS) is 12.2. The number of sulfonamides is 1. The van der Waals surface area contributed by atoms with Crippen LogP contribution in [0.5, 0.6) is 0 Å². The lowest BCUT2D eigenvalue weighted by Gasteiger charge is -2.13. The van der Waals surface area contributed by atoms with Gasteiger partial charge in [-0.05, 0) is 35.4 Å². The summed E-state index contributed by atoms with van der Waals surface area (Å²) < 4.78 is 32.6. The number of aldehydes is 1. The summed E-state index contributed by atoms with van der Waals surface area (Å²) in [5.74, 6) is -0.884. The molecule has 3 aromatic rings. The molecule has 31 heavy (non-hydrogen) atoms. The van der Waals surface area contributed by atoms with E-state index in [0.29, 0.717) is 17.3 Å². The van der Waals surface area contributed by atoms with E-state index < -0.39 is 21.2 Å². The summed E-state index contributed by atoms with van der Waals surface area (Å²) in [6, 6.07) is 18.4. The average molecular weight is 459 g/mol. The summed E-state index contributed by atoms with van der Waals surface area (Å²) in [7, 11) is -4.30. The first kappa shape index (κ1) is 22.6. The number of carbonyl (C=O) groups is 2. The van der Waals surface area contributed by atoms with Crippen molar-refractivity contribution in [3.63, 3.8) is 0 Å². The number of nitrogens with one attached hydrogen (secondary N) is 1. The zero-order chi connectivity index (χ0) is 22.3. The van der Waals surface area contributed by atoms with Crippen LogP contribution in [0.2, 0.25) is 5.02 Å². The minimum atomic E-state index is -4.30. The van der Waals surface area contributed by atoms with Gasteiger partial charge in [-0.3, -0.25) is 9.78 Å². The molecule has 0 saturated carbocycles. The average Bonchev–Trinajstić information content (AvgIpc) is 2.76. The molecule has 0 aliphatic heterocycles. The van der Waals surface area contributed by atoms with Crippen molar-refractivity contribution in [2.45, 2.75) is 18.5 Å². The maximum Gasteiger partial charge on any atom is 0.266 e. The summed E-state index contributed by atoms with van der Waals surface area (Å²) in [6.45, 7) is 0.652. The van der Waals surface area contributed by atoms with E-state index in [9.17, 15) is 18.0 Å². The van der Waals surface area contributed by atoms with Gasteiger partial charge in [0, 0.05) is 11.2 Å². The second kappa shape index (κ2) is 10.3. The van der Waals surface area contributed by atoms with Crippen molar-refractivity contribution in [1.82, 2.24) is 9.71 Å². The first-order chi connectivity index (χ1) is 14.9. The second-order valence-corrected chi connectivity index (χ2v) is 8.84. The number of nitrogens with zero attached hydrogens (tertiary/aromatic N) is 1. The minimum Gasteiger partial charge on any atom is -0.370 e. The molecular weight excluding hydrogens is 440 g/mol. The fourth-order valence-corrected chi connectivity index (χ4v) is 4.02. The molecule has 0 saturated heterocycles. The van der Waals surface area contributed by atoms with Crippen molar-refractivity contribution < 1.29 is 22.7 Å². The summed E-state index contributed by atoms with van der Waals surface area (Å²) in [4.78, 5) is 27.9. The molecule has 0 spiro atoms. The van der Waals surface area contributed by atoms with E-state index in [4.69, 9.17) is 16.3 Å². The number of benzene rings is 2. The van der Waals surface area contributed by atoms with E-state index in [1.807, 2.05) is 35.1 Å². The Hall–Kier alpha value is -3.07. The Morgan fingerprint density at radius 3 is 2.35 bits per heavy atom. The lowest BCUT2D eigenvalue weighted by atomic mass is 10.2. The molecule has 1 atom stereocenters. The Labute approximate surface area is 185 Å². The summed E-state index contributed by atoms with van der Waals surface area (Å²) in [5, 5.41) is -1.15. The lowest BCUT2D eigenvalue weighted by molar-refractivity contribution is -0.107. The molecule has 3 rings (SSSR count). The minimum absolute atomic E-state index is 0.0381. The third-order valence-corrected chi connectivity index (χ3v) is 6.11. The molecule has 1 unspecified atom stereocenters. The Morgan fingerprint density at radius 2 is 1.74 bits per heavy atom. The maximum absolute atomic E-state index is 12.5. The summed E-state index contributed by atoms with van der Waals surface area (Å²) in [5.41, 5.74) is 1.84. The highest BCUT2D eigenvalue weighted by Gasteiger charge is 2.29. The summed E-state index contributed by atoms with van der Waals surface area (Å²) >= 11 is 5.79. The SMILES string of the molecule is O=CC(c1ccc(Cl)cc1)S(=O)(=O)NC(=O)c1ccc(COCc2ccccc2)nc1. The monoisotopic (exact) mass is 458 g/mol. The zero-order valence-corrected chi connectivity index (χ0v) is 17.8. The van der Waals surface area contributed by atoms with Crippen LogP contribution in [0.4, 0.5) is 0 Å². The van der Waals surface area contributed by atoms with Crippen LogP contribution >= 0.6 is 11.6 Å². The molecule has 160 valence electrons. The van der Waals surface area contributed by atoms with Crippen molar-refractivity contribution in [2.24, 2.45) is 0 Å². The molecule has 0 aliphatic rings. The maximum atomic E-state index is 12.5. The lowest BCUT2D eigenvalue weighted by Crippen LogP contribution is -2.35. The molecule has 0 aliphatic carbocycles. The van der Waals surface area contributed by atoms with Gasteiger partial charge < -0.3 is 9.53 Å². The van der Waals surface area contributed by atoms with Gasteiger partial charge in [0.25, 0.3) is 5.91 Å². The standard InChI is InChI=1S/C22H19ClN2O5S/c23-19-9-6-17(7-10-19)21(13-26)31(28,29)25-22(27)18-8-11-20(24-12-18)15-30-14-16-4-2-1-3-5-16/h1-13,21H,14-15H2,(H,25,27). The molecule has 2 aromatic carbocycles. The van der Waals surface area contributed by atoms with Gasteiger partial charge in [-0.25, -0.2) is 13.1 Å². The smallest absolute Gasteiger partial charge is 0.266 e. The number of hydrogen-bond donors (Lipinski definition) is 1. The van der Waals surface area contributed by atoms with Gasteiger partial charge in [-0.15, -0.1) is 0 Å². The van der Waals surface area contributed by atoms with Gasteiger partial charge in [0.05, 0.1) is 24.5 Å². The highest BCUT2D eigenvalue weighted by Crippen LogP contribution is 2.21. The number of ether oxygens (including phenoxy) is 1. The van der Waals surface area contributed by atoms with Crippen LogP contribution in [-0.2, 0) is 32.8 Å². The van der Waals surface area contributed by atoms with Gasteiger partial charge in [0.15, 0.2) is 5.25 Å². The van der Waals surface area contributed by atoms with Gasteiger partial charge in [0.2, 0.25) is 10.0 Å². The van der Waals surface area contributed by atoms with Crippen LogP contribution in [0.25, 0.3) is 0 Å². The van der Waals surface area contributed by atoms with Crippen molar-refractivity contribution in [3.05, 3.63) is 100 Å². The molecule has 1 N–H and O–H groups in total. The van der Waals surface area contributed by atoms with E-state index in [-0.39, 0.29) is 24.0 Å². The molecular formula is C22H19ClN2O5S. The van der Waals surface area contributed by atoms with Crippen molar-refractivity contribution in [2.75, 3.05) is 0 Å². The number of amides is 1. The fourth-order valence-electron chi connectivity index (χ4n) is 2.73. The van der Waals surface area contributed by atoms with Gasteiger partial charge in [-0.1, -0.05) is 54.1 Å². The van der Waals surface area contributed by atoms with E-state index in [2.05, 4.69) is 4.98 Å². The quantitative estimate of drug-likeness (QED) is 0.493. The van der Waals surface area contributed by atoms with Crippen molar-refractivity contribution in [1.29, 1.82) is 0 Å². The first-order valence-corrected chi connectivity index (χ1v) is 11.1. The van der Waals surface area contributed by atoms with Gasteiger partial charge >= 0.3 is 0 Å². The molecule has 9 heteroatoms. The third kappa shape index (κ3) is 6.21. The number of halogens is 1. The van der Waals surface area contributed by atoms with Crippen LogP contribution in [0.1, 0.15) is 32.4 Å². The van der Waals surface area contributed by atoms with Crippen LogP contribution in [0.3, 0.4) is 0 Å². The third-order valence-electron chi connectivity index (χ3n) is 4.34. The van der Waals surface area contributed by atoms with Crippen LogP contribution < -0.4 is 4.72 Å². The number of aromatic nitrogens is 1. The van der Waals surface area contributed by atoms with E-state index in [1.165, 1.54) is 36.5 Å². The van der Waals surface area contributed by atoms with E-state index in [0.717, 1.165) is 5.56 Å². The molecule has 1 amide bonds. The summed E-state index contributed by atoms with van der Waals surface area (Å²) in [6.07, 6.45) is 1.51. The molecule has 7 nitrogen and oxygen atoms in total. The highest BCUT2D eigenvalue weighted by molar-refractivity contribution is 7.91. The van der Waals surface area contributed by atoms with E-state index >= 15 is 0 Å². The van der Waals surface area contributed by atoms with E-state index in [1.54, 1.807) is 6.07 Å². The Kier molecular flexibility index (Phi) is 7.51. The molecule has 0 bridgehead atoms. The van der Waals surface area contributed by atoms with Crippen LogP contribution in [-0.4, -0.2) is 25.6 Å². The Morgan fingerprint density at radius 1 is 1.03 bits per heavy atom. The number of rotatable bonds is 9. The van der Waals surface area contributed by atoms with Crippen LogP contribution in [0, 0.1) is 0 Å². The molecule has 1 heterocycles. The number of carbonyl (C=O) groups excluding carboxylic acids is 2. The van der Waals surface area contributed by atoms with Crippen LogP contribution in [0.15, 0.2) is 72.9 Å². The van der Waals surface area contributed by atoms with Gasteiger partial charge in [0.1, 0.15) is 6.29 Å². The van der Waals surface area contributed by atoms with Crippen molar-refractivity contribution in [3.8, 4) is 0 Å². The van der Waals surface area contributed by atoms with Crippen molar-refractivity contribution >= 4 is 33.8 Å². The Bertz CT molecular complexity index is 1130. The molecule has 0 fully saturated rings. The topological polar surface area (TPSA) is 102 Å². The predicted octanol–water partition coefficient (Wildman–Crippen LogP) is 3.45. The Balaban J connectivity index is 1.61. The second-order valence-electron chi connectivity index (χ2n) is 6.60. The first-order valence-electron chi connectivity index (χ1n) is 9.22. The fraction of sp³-hybridized carbons (Fsp3) is 0.136. The number of pyridine rings is 1. The molecule has 0 radical (unpaired) electrons. The molecule has 1 aromatic heterocycles. The number of hydrogen-bond acceptors (Lipinski definition) is 6. The zero-order valence-electron chi connectivity index (χ0n) is 16.3. The highest BCUT2D eigenvalue weighted by atomic mass is 35.5. The predicted molar refractivity (Wildman–Crippen MR) is 116 cm³/mol. The van der Waals surface area contributed by atoms with Gasteiger partial charge in [-0.2, -0.15) is 0 Å².